The molecule has 1 aromatic rings. The van der Waals surface area contributed by atoms with Crippen LogP contribution in [0.3, 0.4) is 0 Å². The van der Waals surface area contributed by atoms with Crippen molar-refractivity contribution in [3.63, 3.8) is 0 Å². The summed E-state index contributed by atoms with van der Waals surface area (Å²) in [6.07, 6.45) is 9.70. The molecule has 1 atom stereocenters. The van der Waals surface area contributed by atoms with Crippen molar-refractivity contribution in [1.29, 1.82) is 0 Å². The number of thiophene rings is 1. The van der Waals surface area contributed by atoms with Crippen LogP contribution in [0, 0.1) is 0 Å². The molecule has 1 saturated heterocycles. The van der Waals surface area contributed by atoms with Crippen molar-refractivity contribution < 1.29 is 0 Å². The Morgan fingerprint density at radius 1 is 1.15 bits per heavy atom. The van der Waals surface area contributed by atoms with Crippen molar-refractivity contribution in [2.45, 2.75) is 77.0 Å². The van der Waals surface area contributed by atoms with E-state index in [4.69, 9.17) is 0 Å². The van der Waals surface area contributed by atoms with Gasteiger partial charge in [0, 0.05) is 34.9 Å². The van der Waals surface area contributed by atoms with Gasteiger partial charge in [0.15, 0.2) is 0 Å². The van der Waals surface area contributed by atoms with Crippen LogP contribution < -0.4 is 5.32 Å². The summed E-state index contributed by atoms with van der Waals surface area (Å²) in [5.41, 5.74) is 0. The number of nitrogens with one attached hydrogen (secondary N) is 1. The van der Waals surface area contributed by atoms with Crippen LogP contribution in [0.4, 0.5) is 0 Å². The fraction of sp³-hybridized carbons (Fsp3) is 0.765. The second kappa shape index (κ2) is 7.06. The summed E-state index contributed by atoms with van der Waals surface area (Å²) in [7, 11) is 0. The van der Waals surface area contributed by atoms with Gasteiger partial charge in [0.05, 0.1) is 0 Å². The maximum atomic E-state index is 3.62. The van der Waals surface area contributed by atoms with E-state index >= 15 is 0 Å². The molecule has 2 nitrogen and oxygen atoms in total. The van der Waals surface area contributed by atoms with Gasteiger partial charge in [-0.1, -0.05) is 19.8 Å². The van der Waals surface area contributed by atoms with Crippen molar-refractivity contribution >= 4 is 11.3 Å². The van der Waals surface area contributed by atoms with E-state index in [2.05, 4.69) is 29.3 Å². The van der Waals surface area contributed by atoms with Gasteiger partial charge in [-0.25, -0.2) is 0 Å². The normalized spacial score (nSPS) is 24.8. The van der Waals surface area contributed by atoms with E-state index in [1.165, 1.54) is 62.9 Å². The standard InChI is InChI=1S/C17H28N2S/c1-2-15-6-4-3-5-11-19(15)13-17-10-9-16(20-17)12-18-14-7-8-14/h9-10,14-15,18H,2-8,11-13H2,1H3. The monoisotopic (exact) mass is 292 g/mol. The van der Waals surface area contributed by atoms with Crippen molar-refractivity contribution in [1.82, 2.24) is 10.2 Å². The Morgan fingerprint density at radius 3 is 2.80 bits per heavy atom. The molecular formula is C17H28N2S. The summed E-state index contributed by atoms with van der Waals surface area (Å²) in [5.74, 6) is 0. The number of likely N-dealkylation sites (tertiary alicyclic amines) is 1. The van der Waals surface area contributed by atoms with E-state index < -0.39 is 0 Å². The molecule has 3 rings (SSSR count). The number of rotatable bonds is 6. The second-order valence-corrected chi connectivity index (χ2v) is 7.66. The van der Waals surface area contributed by atoms with Crippen LogP contribution in [-0.4, -0.2) is 23.5 Å². The molecule has 1 aliphatic carbocycles. The summed E-state index contributed by atoms with van der Waals surface area (Å²) in [5, 5.41) is 3.62. The minimum absolute atomic E-state index is 0.813. The highest BCUT2D eigenvalue weighted by Crippen LogP contribution is 2.25. The van der Waals surface area contributed by atoms with Crippen molar-refractivity contribution in [3.05, 3.63) is 21.9 Å². The van der Waals surface area contributed by atoms with Gasteiger partial charge in [-0.15, -0.1) is 11.3 Å². The number of nitrogens with zero attached hydrogens (tertiary/aromatic N) is 1. The van der Waals surface area contributed by atoms with Gasteiger partial charge in [-0.3, -0.25) is 4.90 Å². The smallest absolute Gasteiger partial charge is 0.0330 e. The van der Waals surface area contributed by atoms with Gasteiger partial charge in [0.25, 0.3) is 0 Å². The zero-order valence-electron chi connectivity index (χ0n) is 12.7. The zero-order valence-corrected chi connectivity index (χ0v) is 13.6. The van der Waals surface area contributed by atoms with E-state index in [-0.39, 0.29) is 0 Å². The molecule has 0 aromatic carbocycles. The molecule has 3 heteroatoms. The molecule has 0 amide bonds. The summed E-state index contributed by atoms with van der Waals surface area (Å²) >= 11 is 2.01. The van der Waals surface area contributed by atoms with Crippen molar-refractivity contribution in [2.75, 3.05) is 6.54 Å². The maximum Gasteiger partial charge on any atom is 0.0330 e. The number of hydrogen-bond acceptors (Lipinski definition) is 3. The molecule has 1 unspecified atom stereocenters. The third kappa shape index (κ3) is 4.06. The largest absolute Gasteiger partial charge is 0.309 e. The lowest BCUT2D eigenvalue weighted by Gasteiger charge is -2.28. The molecule has 2 aliphatic rings. The number of hydrogen-bond donors (Lipinski definition) is 1. The van der Waals surface area contributed by atoms with Crippen LogP contribution >= 0.6 is 11.3 Å². The van der Waals surface area contributed by atoms with Crippen LogP contribution in [-0.2, 0) is 13.1 Å². The molecular weight excluding hydrogens is 264 g/mol. The Kier molecular flexibility index (Phi) is 5.14. The Balaban J connectivity index is 1.54. The lowest BCUT2D eigenvalue weighted by atomic mass is 10.1. The van der Waals surface area contributed by atoms with Crippen LogP contribution in [0.1, 0.15) is 61.6 Å². The minimum atomic E-state index is 0.813. The van der Waals surface area contributed by atoms with Gasteiger partial charge in [-0.2, -0.15) is 0 Å². The zero-order chi connectivity index (χ0) is 13.8. The Bertz CT molecular complexity index is 411. The highest BCUT2D eigenvalue weighted by atomic mass is 32.1. The highest BCUT2D eigenvalue weighted by Gasteiger charge is 2.21. The van der Waals surface area contributed by atoms with Gasteiger partial charge in [-0.05, 0) is 50.8 Å². The van der Waals surface area contributed by atoms with Crippen LogP contribution in [0.5, 0.6) is 0 Å². The first-order chi connectivity index (χ1) is 9.85. The van der Waals surface area contributed by atoms with Gasteiger partial charge >= 0.3 is 0 Å². The second-order valence-electron chi connectivity index (χ2n) is 6.41. The Morgan fingerprint density at radius 2 is 2.00 bits per heavy atom. The summed E-state index contributed by atoms with van der Waals surface area (Å²) in [6, 6.07) is 6.31. The van der Waals surface area contributed by atoms with Gasteiger partial charge in [0.1, 0.15) is 0 Å². The maximum absolute atomic E-state index is 3.62. The quantitative estimate of drug-likeness (QED) is 0.847. The molecule has 0 spiro atoms. The fourth-order valence-electron chi connectivity index (χ4n) is 3.24. The van der Waals surface area contributed by atoms with E-state index in [9.17, 15) is 0 Å². The lowest BCUT2D eigenvalue weighted by Crippen LogP contribution is -2.33. The molecule has 0 bridgehead atoms. The van der Waals surface area contributed by atoms with Crippen LogP contribution in [0.2, 0.25) is 0 Å². The van der Waals surface area contributed by atoms with Crippen LogP contribution in [0.15, 0.2) is 12.1 Å². The van der Waals surface area contributed by atoms with Crippen molar-refractivity contribution in [2.24, 2.45) is 0 Å². The van der Waals surface area contributed by atoms with Crippen molar-refractivity contribution in [3.8, 4) is 0 Å². The first-order valence-corrected chi connectivity index (χ1v) is 9.22. The third-order valence-corrected chi connectivity index (χ3v) is 5.76. The summed E-state index contributed by atoms with van der Waals surface area (Å²) < 4.78 is 0. The molecule has 20 heavy (non-hydrogen) atoms. The highest BCUT2D eigenvalue weighted by molar-refractivity contribution is 7.11. The summed E-state index contributed by atoms with van der Waals surface area (Å²) in [4.78, 5) is 5.80. The molecule has 1 N–H and O–H groups in total. The van der Waals surface area contributed by atoms with Crippen LogP contribution in [0.25, 0.3) is 0 Å². The average Bonchev–Trinajstić information content (AvgIpc) is 3.22. The predicted octanol–water partition coefficient (Wildman–Crippen LogP) is 4.15. The summed E-state index contributed by atoms with van der Waals surface area (Å²) in [6.45, 7) is 5.90. The molecule has 1 aliphatic heterocycles. The lowest BCUT2D eigenvalue weighted by molar-refractivity contribution is 0.188. The average molecular weight is 292 g/mol. The van der Waals surface area contributed by atoms with Gasteiger partial charge < -0.3 is 5.32 Å². The topological polar surface area (TPSA) is 15.3 Å². The van der Waals surface area contributed by atoms with Gasteiger partial charge in [0.2, 0.25) is 0 Å². The first kappa shape index (κ1) is 14.6. The van der Waals surface area contributed by atoms with E-state index in [0.29, 0.717) is 0 Å². The molecule has 1 aromatic heterocycles. The molecule has 2 fully saturated rings. The Hall–Kier alpha value is -0.380. The third-order valence-electron chi connectivity index (χ3n) is 4.69. The van der Waals surface area contributed by atoms with E-state index in [1.54, 1.807) is 4.88 Å². The first-order valence-electron chi connectivity index (χ1n) is 8.40. The Labute approximate surface area is 127 Å². The molecule has 0 radical (unpaired) electrons. The predicted molar refractivity (Wildman–Crippen MR) is 87.1 cm³/mol. The SMILES string of the molecule is CCC1CCCCCN1Cc1ccc(CNC2CC2)s1. The minimum Gasteiger partial charge on any atom is -0.309 e. The van der Waals surface area contributed by atoms with E-state index in [0.717, 1.165) is 18.6 Å². The fourth-order valence-corrected chi connectivity index (χ4v) is 4.24. The molecule has 112 valence electrons. The molecule has 2 heterocycles. The molecule has 1 saturated carbocycles. The van der Waals surface area contributed by atoms with E-state index in [1.807, 2.05) is 11.3 Å².